The van der Waals surface area contributed by atoms with Gasteiger partial charge in [0.25, 0.3) is 5.91 Å². The van der Waals surface area contributed by atoms with Gasteiger partial charge in [-0.25, -0.2) is 0 Å². The molecule has 0 saturated carbocycles. The van der Waals surface area contributed by atoms with E-state index in [1.54, 1.807) is 38.3 Å². The number of hydrogen-bond acceptors (Lipinski definition) is 6. The maximum atomic E-state index is 12.5. The second-order valence-corrected chi connectivity index (χ2v) is 5.51. The summed E-state index contributed by atoms with van der Waals surface area (Å²) in [5, 5.41) is 7.84. The second-order valence-electron chi connectivity index (χ2n) is 5.51. The number of hydrogen-bond donors (Lipinski definition) is 0. The molecule has 7 heteroatoms. The third-order valence-corrected chi connectivity index (χ3v) is 3.92. The van der Waals surface area contributed by atoms with Crippen LogP contribution in [-0.2, 0) is 6.54 Å². The van der Waals surface area contributed by atoms with Gasteiger partial charge in [-0.1, -0.05) is 0 Å². The van der Waals surface area contributed by atoms with Gasteiger partial charge in [-0.3, -0.25) is 9.69 Å². The summed E-state index contributed by atoms with van der Waals surface area (Å²) in [4.78, 5) is 16.6. The summed E-state index contributed by atoms with van der Waals surface area (Å²) in [5.41, 5.74) is 0.687. The summed E-state index contributed by atoms with van der Waals surface area (Å²) in [6.45, 7) is 5.38. The van der Waals surface area contributed by atoms with Gasteiger partial charge in [0, 0.05) is 38.7 Å². The Balaban J connectivity index is 1.54. The summed E-state index contributed by atoms with van der Waals surface area (Å²) in [6, 6.07) is 7.21. The molecule has 0 radical (unpaired) electrons. The summed E-state index contributed by atoms with van der Waals surface area (Å²) in [7, 11) is 1.61. The van der Waals surface area contributed by atoms with Crippen molar-refractivity contribution in [3.05, 3.63) is 41.6 Å². The van der Waals surface area contributed by atoms with Gasteiger partial charge in [0.1, 0.15) is 5.75 Å². The molecule has 2 heterocycles. The zero-order valence-electron chi connectivity index (χ0n) is 13.4. The number of methoxy groups -OCH3 is 1. The Morgan fingerprint density at radius 1 is 1.17 bits per heavy atom. The van der Waals surface area contributed by atoms with E-state index < -0.39 is 0 Å². The lowest BCUT2D eigenvalue weighted by atomic mass is 10.1. The number of carbonyl (C=O) groups excluding carboxylic acids is 1. The van der Waals surface area contributed by atoms with Crippen molar-refractivity contribution in [1.29, 1.82) is 0 Å². The Kier molecular flexibility index (Phi) is 4.57. The highest BCUT2D eigenvalue weighted by Crippen LogP contribution is 2.15. The van der Waals surface area contributed by atoms with Crippen molar-refractivity contribution in [3.63, 3.8) is 0 Å². The predicted octanol–water partition coefficient (Wildman–Crippen LogP) is 1.34. The van der Waals surface area contributed by atoms with Crippen LogP contribution in [0.2, 0.25) is 0 Å². The van der Waals surface area contributed by atoms with Gasteiger partial charge in [-0.05, 0) is 24.3 Å². The van der Waals surface area contributed by atoms with Gasteiger partial charge in [0.05, 0.1) is 13.7 Å². The summed E-state index contributed by atoms with van der Waals surface area (Å²) in [6.07, 6.45) is 0. The minimum atomic E-state index is 0.0564. The normalized spacial score (nSPS) is 15.7. The molecule has 2 aromatic rings. The Hall–Kier alpha value is -2.41. The Morgan fingerprint density at radius 2 is 1.87 bits per heavy atom. The SMILES string of the molecule is COc1ccc(C(=O)N2CCN(Cc3nnc(C)o3)CC2)cc1. The molecule has 1 aromatic carbocycles. The first-order valence-corrected chi connectivity index (χ1v) is 7.60. The Labute approximate surface area is 134 Å². The van der Waals surface area contributed by atoms with E-state index in [1.807, 2.05) is 4.90 Å². The summed E-state index contributed by atoms with van der Waals surface area (Å²) < 4.78 is 10.5. The molecule has 23 heavy (non-hydrogen) atoms. The molecule has 0 unspecified atom stereocenters. The molecule has 0 aliphatic carbocycles. The molecule has 0 bridgehead atoms. The van der Waals surface area contributed by atoms with Crippen molar-refractivity contribution < 1.29 is 13.9 Å². The Morgan fingerprint density at radius 3 is 2.43 bits per heavy atom. The van der Waals surface area contributed by atoms with E-state index >= 15 is 0 Å². The van der Waals surface area contributed by atoms with Crippen LogP contribution in [0.5, 0.6) is 5.75 Å². The van der Waals surface area contributed by atoms with Crippen molar-refractivity contribution in [3.8, 4) is 5.75 Å². The van der Waals surface area contributed by atoms with Crippen LogP contribution in [0.3, 0.4) is 0 Å². The number of aromatic nitrogens is 2. The number of benzene rings is 1. The highest BCUT2D eigenvalue weighted by molar-refractivity contribution is 5.94. The lowest BCUT2D eigenvalue weighted by Crippen LogP contribution is -2.48. The van der Waals surface area contributed by atoms with Gasteiger partial charge in [0.15, 0.2) is 0 Å². The van der Waals surface area contributed by atoms with Crippen molar-refractivity contribution in [2.45, 2.75) is 13.5 Å². The largest absolute Gasteiger partial charge is 0.497 e. The molecule has 7 nitrogen and oxygen atoms in total. The van der Waals surface area contributed by atoms with Gasteiger partial charge < -0.3 is 14.1 Å². The zero-order chi connectivity index (χ0) is 16.2. The first kappa shape index (κ1) is 15.5. The third-order valence-electron chi connectivity index (χ3n) is 3.92. The maximum absolute atomic E-state index is 12.5. The van der Waals surface area contributed by atoms with E-state index in [9.17, 15) is 4.79 Å². The van der Waals surface area contributed by atoms with E-state index in [0.717, 1.165) is 18.8 Å². The molecule has 0 spiro atoms. The topological polar surface area (TPSA) is 71.7 Å². The van der Waals surface area contributed by atoms with Crippen LogP contribution in [0.1, 0.15) is 22.1 Å². The zero-order valence-corrected chi connectivity index (χ0v) is 13.4. The van der Waals surface area contributed by atoms with Crippen molar-refractivity contribution in [1.82, 2.24) is 20.0 Å². The highest BCUT2D eigenvalue weighted by atomic mass is 16.5. The average Bonchev–Trinajstić information content (AvgIpc) is 3.00. The van der Waals surface area contributed by atoms with Crippen LogP contribution in [0, 0.1) is 6.92 Å². The minimum Gasteiger partial charge on any atom is -0.497 e. The van der Waals surface area contributed by atoms with Crippen molar-refractivity contribution in [2.24, 2.45) is 0 Å². The fraction of sp³-hybridized carbons (Fsp3) is 0.438. The van der Waals surface area contributed by atoms with Gasteiger partial charge in [-0.15, -0.1) is 10.2 Å². The molecule has 0 N–H and O–H groups in total. The fourth-order valence-electron chi connectivity index (χ4n) is 2.62. The minimum absolute atomic E-state index is 0.0564. The van der Waals surface area contributed by atoms with Crippen LogP contribution >= 0.6 is 0 Å². The number of piperazine rings is 1. The van der Waals surface area contributed by atoms with E-state index in [-0.39, 0.29) is 5.91 Å². The van der Waals surface area contributed by atoms with E-state index in [2.05, 4.69) is 15.1 Å². The first-order chi connectivity index (χ1) is 11.2. The van der Waals surface area contributed by atoms with Gasteiger partial charge in [0.2, 0.25) is 11.8 Å². The molecular formula is C16H20N4O3. The number of rotatable bonds is 4. The maximum Gasteiger partial charge on any atom is 0.253 e. The van der Waals surface area contributed by atoms with Gasteiger partial charge in [-0.2, -0.15) is 0 Å². The van der Waals surface area contributed by atoms with Crippen LogP contribution in [0.4, 0.5) is 0 Å². The number of nitrogens with zero attached hydrogens (tertiary/aromatic N) is 4. The number of aryl methyl sites for hydroxylation is 1. The lowest BCUT2D eigenvalue weighted by molar-refractivity contribution is 0.0617. The molecule has 1 amide bonds. The number of carbonyl (C=O) groups is 1. The van der Waals surface area contributed by atoms with E-state index in [0.29, 0.717) is 37.0 Å². The second kappa shape index (κ2) is 6.78. The smallest absolute Gasteiger partial charge is 0.253 e. The monoisotopic (exact) mass is 316 g/mol. The summed E-state index contributed by atoms with van der Waals surface area (Å²) in [5.74, 6) is 2.01. The van der Waals surface area contributed by atoms with Crippen LogP contribution in [0.25, 0.3) is 0 Å². The number of amides is 1. The Bertz CT molecular complexity index is 660. The lowest BCUT2D eigenvalue weighted by Gasteiger charge is -2.34. The molecule has 0 atom stereocenters. The molecule has 1 aliphatic rings. The molecule has 122 valence electrons. The van der Waals surface area contributed by atoms with Crippen molar-refractivity contribution in [2.75, 3.05) is 33.3 Å². The standard InChI is InChI=1S/C16H20N4O3/c1-12-17-18-15(23-12)11-19-7-9-20(10-8-19)16(21)13-3-5-14(22-2)6-4-13/h3-6H,7-11H2,1-2H3. The molecule has 1 saturated heterocycles. The fourth-order valence-corrected chi connectivity index (χ4v) is 2.62. The molecule has 1 aromatic heterocycles. The third kappa shape index (κ3) is 3.68. The first-order valence-electron chi connectivity index (χ1n) is 7.60. The van der Waals surface area contributed by atoms with E-state index in [4.69, 9.17) is 9.15 Å². The van der Waals surface area contributed by atoms with Crippen LogP contribution < -0.4 is 4.74 Å². The van der Waals surface area contributed by atoms with E-state index in [1.165, 1.54) is 0 Å². The van der Waals surface area contributed by atoms with Crippen molar-refractivity contribution >= 4 is 5.91 Å². The highest BCUT2D eigenvalue weighted by Gasteiger charge is 2.23. The quantitative estimate of drug-likeness (QED) is 0.848. The van der Waals surface area contributed by atoms with Gasteiger partial charge >= 0.3 is 0 Å². The molecule has 1 fully saturated rings. The average molecular weight is 316 g/mol. The van der Waals surface area contributed by atoms with Crippen LogP contribution in [-0.4, -0.2) is 59.2 Å². The predicted molar refractivity (Wildman–Crippen MR) is 83.2 cm³/mol. The molecule has 3 rings (SSSR count). The molecule has 1 aliphatic heterocycles. The summed E-state index contributed by atoms with van der Waals surface area (Å²) >= 11 is 0. The number of ether oxygens (including phenoxy) is 1. The molecular weight excluding hydrogens is 296 g/mol. The van der Waals surface area contributed by atoms with Crippen LogP contribution in [0.15, 0.2) is 28.7 Å².